The largest absolute Gasteiger partial charge is 0.486 e. The lowest BCUT2D eigenvalue weighted by molar-refractivity contribution is 0.0139. The highest BCUT2D eigenvalue weighted by molar-refractivity contribution is 6.15. The van der Waals surface area contributed by atoms with E-state index in [2.05, 4.69) is 5.32 Å². The van der Waals surface area contributed by atoms with Gasteiger partial charge in [-0.3, -0.25) is 9.59 Å². The van der Waals surface area contributed by atoms with Gasteiger partial charge in [-0.25, -0.2) is 4.39 Å². The van der Waals surface area contributed by atoms with E-state index in [0.29, 0.717) is 45.5 Å². The highest BCUT2D eigenvalue weighted by Gasteiger charge is 2.42. The quantitative estimate of drug-likeness (QED) is 0.542. The van der Waals surface area contributed by atoms with E-state index >= 15 is 0 Å². The number of aryl methyl sites for hydroxylation is 2. The van der Waals surface area contributed by atoms with E-state index in [9.17, 15) is 14.0 Å². The summed E-state index contributed by atoms with van der Waals surface area (Å²) in [6.45, 7) is 3.49. The molecule has 160 valence electrons. The molecule has 1 amide bonds. The molecule has 1 aliphatic carbocycles. The minimum atomic E-state index is -0.440. The molecule has 1 saturated carbocycles. The molecule has 0 radical (unpaired) electrons. The fourth-order valence-electron chi connectivity index (χ4n) is 4.97. The lowest BCUT2D eigenvalue weighted by atomic mass is 9.78. The fraction of sp³-hybridized carbons (Fsp3) is 0.360. The number of hydrogen-bond donors (Lipinski definition) is 1. The number of carbonyl (C=O) groups is 2. The molecule has 3 aromatic rings. The molecule has 0 atom stereocenters. The van der Waals surface area contributed by atoms with E-state index in [1.54, 1.807) is 26.0 Å². The molecular formula is C25H24FNO4. The number of carbonyl (C=O) groups excluding carboxylic acids is 2. The number of ketones is 1. The first-order valence-corrected chi connectivity index (χ1v) is 10.7. The number of fused-ring (bicyclic) bond motifs is 3. The Morgan fingerprint density at radius 2 is 1.87 bits per heavy atom. The van der Waals surface area contributed by atoms with Crippen LogP contribution in [0.4, 0.5) is 10.1 Å². The Kier molecular flexibility index (Phi) is 4.61. The molecule has 5 rings (SSSR count). The summed E-state index contributed by atoms with van der Waals surface area (Å²) in [5, 5.41) is 3.41. The van der Waals surface area contributed by atoms with Crippen molar-refractivity contribution in [2.45, 2.75) is 58.0 Å². The minimum Gasteiger partial charge on any atom is -0.486 e. The molecule has 2 aromatic carbocycles. The predicted molar refractivity (Wildman–Crippen MR) is 115 cm³/mol. The van der Waals surface area contributed by atoms with Gasteiger partial charge < -0.3 is 14.5 Å². The summed E-state index contributed by atoms with van der Waals surface area (Å²) < 4.78 is 25.6. The summed E-state index contributed by atoms with van der Waals surface area (Å²) in [6, 6.07) is 7.70. The number of anilines is 1. The number of nitrogens with one attached hydrogen (secondary N) is 1. The molecule has 2 heterocycles. The number of hydrogen-bond acceptors (Lipinski definition) is 4. The first-order chi connectivity index (χ1) is 14.9. The maximum Gasteiger partial charge on any atom is 0.291 e. The van der Waals surface area contributed by atoms with Crippen LogP contribution in [0.3, 0.4) is 0 Å². The Morgan fingerprint density at radius 3 is 2.61 bits per heavy atom. The Morgan fingerprint density at radius 1 is 1.10 bits per heavy atom. The van der Waals surface area contributed by atoms with Crippen molar-refractivity contribution in [2.75, 3.05) is 5.32 Å². The summed E-state index contributed by atoms with van der Waals surface area (Å²) >= 11 is 0. The van der Waals surface area contributed by atoms with Crippen molar-refractivity contribution in [3.05, 3.63) is 58.6 Å². The van der Waals surface area contributed by atoms with Gasteiger partial charge in [0.05, 0.1) is 12.0 Å². The fourth-order valence-corrected chi connectivity index (χ4v) is 4.97. The third-order valence-corrected chi connectivity index (χ3v) is 6.55. The molecule has 0 unspecified atom stereocenters. The van der Waals surface area contributed by atoms with Gasteiger partial charge in [0.15, 0.2) is 11.5 Å². The van der Waals surface area contributed by atoms with E-state index in [-0.39, 0.29) is 17.4 Å². The molecule has 6 heteroatoms. The molecule has 1 aromatic heterocycles. The first kappa shape index (κ1) is 19.8. The monoisotopic (exact) mass is 421 g/mol. The summed E-state index contributed by atoms with van der Waals surface area (Å²) in [7, 11) is 0. The summed E-state index contributed by atoms with van der Waals surface area (Å²) in [4.78, 5) is 26.1. The van der Waals surface area contributed by atoms with Crippen LogP contribution in [0.2, 0.25) is 0 Å². The van der Waals surface area contributed by atoms with E-state index in [1.165, 1.54) is 24.6 Å². The van der Waals surface area contributed by atoms with E-state index in [4.69, 9.17) is 9.15 Å². The molecule has 1 N–H and O–H groups in total. The van der Waals surface area contributed by atoms with Crippen LogP contribution in [0, 0.1) is 19.7 Å². The molecule has 1 fully saturated rings. The van der Waals surface area contributed by atoms with Gasteiger partial charge in [-0.15, -0.1) is 0 Å². The van der Waals surface area contributed by atoms with Crippen LogP contribution in [0.25, 0.3) is 11.0 Å². The Balaban J connectivity index is 1.53. The summed E-state index contributed by atoms with van der Waals surface area (Å²) in [5.41, 5.74) is 2.31. The molecule has 1 aliphatic heterocycles. The van der Waals surface area contributed by atoms with Gasteiger partial charge in [-0.1, -0.05) is 6.42 Å². The number of benzene rings is 2. The molecular weight excluding hydrogens is 397 g/mol. The van der Waals surface area contributed by atoms with Crippen molar-refractivity contribution >= 4 is 28.3 Å². The van der Waals surface area contributed by atoms with Crippen molar-refractivity contribution in [1.29, 1.82) is 0 Å². The summed E-state index contributed by atoms with van der Waals surface area (Å²) in [5.74, 6) is -0.0471. The van der Waals surface area contributed by atoms with Crippen LogP contribution in [0.5, 0.6) is 5.75 Å². The number of rotatable bonds is 2. The molecule has 0 saturated heterocycles. The van der Waals surface area contributed by atoms with Crippen molar-refractivity contribution in [3.63, 3.8) is 0 Å². The van der Waals surface area contributed by atoms with E-state index < -0.39 is 11.5 Å². The van der Waals surface area contributed by atoms with E-state index in [0.717, 1.165) is 25.7 Å². The maximum absolute atomic E-state index is 13.4. The van der Waals surface area contributed by atoms with Crippen LogP contribution in [-0.2, 0) is 0 Å². The van der Waals surface area contributed by atoms with Crippen LogP contribution in [0.15, 0.2) is 34.7 Å². The first-order valence-electron chi connectivity index (χ1n) is 10.7. The van der Waals surface area contributed by atoms with Gasteiger partial charge in [-0.05, 0) is 75.4 Å². The van der Waals surface area contributed by atoms with Crippen molar-refractivity contribution < 1.29 is 23.1 Å². The molecule has 31 heavy (non-hydrogen) atoms. The van der Waals surface area contributed by atoms with Gasteiger partial charge >= 0.3 is 0 Å². The van der Waals surface area contributed by atoms with Gasteiger partial charge in [0.25, 0.3) is 5.91 Å². The standard InChI is InChI=1S/C25H24FNO4/c1-14-12-16(26)6-7-17(14)27-24(29)23-15(2)21-19(30-23)8-9-20-22(21)18(28)13-25(31-20)10-4-3-5-11-25/h6-9,12H,3-5,10-11,13H2,1-2H3,(H,27,29). The number of Topliss-reactive ketones (excluding diaryl/α,β-unsaturated/α-hetero) is 1. The molecule has 2 aliphatic rings. The second-order valence-corrected chi connectivity index (χ2v) is 8.73. The normalized spacial score (nSPS) is 17.5. The Labute approximate surface area is 179 Å². The average Bonchev–Trinajstić information content (AvgIpc) is 3.07. The zero-order chi connectivity index (χ0) is 21.8. The molecule has 5 nitrogen and oxygen atoms in total. The highest BCUT2D eigenvalue weighted by atomic mass is 19.1. The third-order valence-electron chi connectivity index (χ3n) is 6.55. The second kappa shape index (κ2) is 7.22. The van der Waals surface area contributed by atoms with Gasteiger partial charge in [0, 0.05) is 16.6 Å². The van der Waals surface area contributed by atoms with Crippen molar-refractivity contribution in [2.24, 2.45) is 0 Å². The van der Waals surface area contributed by atoms with E-state index in [1.807, 2.05) is 0 Å². The lowest BCUT2D eigenvalue weighted by Gasteiger charge is -2.40. The molecule has 0 bridgehead atoms. The number of amides is 1. The smallest absolute Gasteiger partial charge is 0.291 e. The van der Waals surface area contributed by atoms with Crippen LogP contribution in [-0.4, -0.2) is 17.3 Å². The highest BCUT2D eigenvalue weighted by Crippen LogP contribution is 2.45. The van der Waals surface area contributed by atoms with Crippen molar-refractivity contribution in [1.82, 2.24) is 0 Å². The predicted octanol–water partition coefficient (Wildman–Crippen LogP) is 6.11. The number of furan rings is 1. The zero-order valence-corrected chi connectivity index (χ0v) is 17.6. The zero-order valence-electron chi connectivity index (χ0n) is 17.6. The Hall–Kier alpha value is -3.15. The number of ether oxygens (including phenoxy) is 1. The summed E-state index contributed by atoms with van der Waals surface area (Å²) in [6.07, 6.45) is 5.47. The lowest BCUT2D eigenvalue weighted by Crippen LogP contribution is -2.43. The van der Waals surface area contributed by atoms with Gasteiger partial charge in [0.2, 0.25) is 0 Å². The van der Waals surface area contributed by atoms with Crippen LogP contribution in [0.1, 0.15) is 70.6 Å². The number of halogens is 1. The van der Waals surface area contributed by atoms with Crippen LogP contribution < -0.4 is 10.1 Å². The third kappa shape index (κ3) is 3.30. The average molecular weight is 421 g/mol. The van der Waals surface area contributed by atoms with Gasteiger partial charge in [0.1, 0.15) is 22.8 Å². The Bertz CT molecular complexity index is 1220. The topological polar surface area (TPSA) is 68.5 Å². The van der Waals surface area contributed by atoms with Crippen molar-refractivity contribution in [3.8, 4) is 5.75 Å². The second-order valence-electron chi connectivity index (χ2n) is 8.73. The maximum atomic E-state index is 13.4. The molecule has 1 spiro atoms. The SMILES string of the molecule is Cc1cc(F)ccc1NC(=O)c1oc2ccc3c(c2c1C)C(=O)CC1(CCCCC1)O3. The minimum absolute atomic E-state index is 0.0407. The van der Waals surface area contributed by atoms with Gasteiger partial charge in [-0.2, -0.15) is 0 Å². The van der Waals surface area contributed by atoms with Crippen LogP contribution >= 0.6 is 0 Å².